The van der Waals surface area contributed by atoms with Crippen LogP contribution in [0.15, 0.2) is 78.9 Å². The minimum Gasteiger partial charge on any atom is -0.456 e. The van der Waals surface area contributed by atoms with Crippen LogP contribution in [0.1, 0.15) is 32.7 Å². The molecule has 0 spiro atoms. The van der Waals surface area contributed by atoms with Gasteiger partial charge in [-0.25, -0.2) is 4.79 Å². The van der Waals surface area contributed by atoms with Crippen molar-refractivity contribution in [2.24, 2.45) is 11.5 Å². The molecule has 0 fully saturated rings. The van der Waals surface area contributed by atoms with Crippen molar-refractivity contribution in [2.75, 3.05) is 0 Å². The van der Waals surface area contributed by atoms with Gasteiger partial charge < -0.3 is 20.8 Å². The van der Waals surface area contributed by atoms with E-state index in [-0.39, 0.29) is 18.3 Å². The van der Waals surface area contributed by atoms with Crippen molar-refractivity contribution in [2.45, 2.75) is 13.2 Å². The van der Waals surface area contributed by atoms with Crippen molar-refractivity contribution >= 4 is 28.5 Å². The van der Waals surface area contributed by atoms with Crippen LogP contribution in [0.2, 0.25) is 0 Å². The predicted octanol–water partition coefficient (Wildman–Crippen LogP) is 3.61. The molecule has 0 aliphatic carbocycles. The fourth-order valence-corrected chi connectivity index (χ4v) is 3.62. The molecule has 4 rings (SSSR count). The molecule has 7 nitrogen and oxygen atoms in total. The molecule has 7 heteroatoms. The van der Waals surface area contributed by atoms with E-state index in [9.17, 15) is 4.79 Å². The molecule has 3 aromatic carbocycles. The molecule has 0 bridgehead atoms. The number of benzene rings is 3. The van der Waals surface area contributed by atoms with Crippen molar-refractivity contribution in [3.63, 3.8) is 0 Å². The highest BCUT2D eigenvalue weighted by Gasteiger charge is 2.17. The van der Waals surface area contributed by atoms with Gasteiger partial charge in [-0.05, 0) is 35.4 Å². The van der Waals surface area contributed by atoms with Gasteiger partial charge in [0, 0.05) is 28.6 Å². The Morgan fingerprint density at radius 1 is 0.812 bits per heavy atom. The monoisotopic (exact) mass is 425 g/mol. The third kappa shape index (κ3) is 4.37. The van der Waals surface area contributed by atoms with E-state index in [1.165, 1.54) is 0 Å². The summed E-state index contributed by atoms with van der Waals surface area (Å²) >= 11 is 0. The number of nitrogens with two attached hydrogens (primary N) is 2. The number of ether oxygens (including phenoxy) is 1. The molecule has 0 atom stereocenters. The highest BCUT2D eigenvalue weighted by molar-refractivity contribution is 5.97. The van der Waals surface area contributed by atoms with Crippen molar-refractivity contribution in [1.29, 1.82) is 10.8 Å². The van der Waals surface area contributed by atoms with E-state index >= 15 is 0 Å². The van der Waals surface area contributed by atoms with E-state index in [4.69, 9.17) is 27.0 Å². The second-order valence-electron chi connectivity index (χ2n) is 7.48. The van der Waals surface area contributed by atoms with Gasteiger partial charge in [0.2, 0.25) is 0 Å². The highest BCUT2D eigenvalue weighted by Crippen LogP contribution is 2.23. The third-order valence-corrected chi connectivity index (χ3v) is 5.21. The van der Waals surface area contributed by atoms with Gasteiger partial charge in [-0.2, -0.15) is 0 Å². The van der Waals surface area contributed by atoms with E-state index in [1.54, 1.807) is 24.3 Å². The predicted molar refractivity (Wildman–Crippen MR) is 125 cm³/mol. The van der Waals surface area contributed by atoms with E-state index in [2.05, 4.69) is 0 Å². The molecule has 32 heavy (non-hydrogen) atoms. The Bertz CT molecular complexity index is 1340. The van der Waals surface area contributed by atoms with Gasteiger partial charge in [-0.3, -0.25) is 10.8 Å². The number of nitrogens with one attached hydrogen (secondary N) is 2. The number of carbonyl (C=O) groups excluding carboxylic acids is 1. The van der Waals surface area contributed by atoms with Gasteiger partial charge in [-0.1, -0.05) is 54.6 Å². The van der Waals surface area contributed by atoms with Crippen LogP contribution in [0.5, 0.6) is 0 Å². The Kier molecular flexibility index (Phi) is 5.72. The molecule has 6 N–H and O–H groups in total. The zero-order valence-corrected chi connectivity index (χ0v) is 17.3. The summed E-state index contributed by atoms with van der Waals surface area (Å²) in [4.78, 5) is 13.0. The number of nitrogen functional groups attached to an aromatic ring is 2. The van der Waals surface area contributed by atoms with Crippen LogP contribution >= 0.6 is 0 Å². The zero-order chi connectivity index (χ0) is 22.7. The van der Waals surface area contributed by atoms with Crippen LogP contribution in [-0.2, 0) is 17.9 Å². The van der Waals surface area contributed by atoms with Gasteiger partial charge in [0.25, 0.3) is 0 Å². The number of nitrogens with zero attached hydrogens (tertiary/aromatic N) is 1. The molecule has 4 aromatic rings. The fraction of sp³-hybridized carbons (Fsp3) is 0.0800. The number of para-hydroxylation sites is 1. The number of aromatic nitrogens is 1. The number of hydrogen-bond acceptors (Lipinski definition) is 4. The summed E-state index contributed by atoms with van der Waals surface area (Å²) < 4.78 is 7.50. The molecule has 1 heterocycles. The van der Waals surface area contributed by atoms with Crippen LogP contribution in [0.25, 0.3) is 10.9 Å². The van der Waals surface area contributed by atoms with Crippen LogP contribution in [0.4, 0.5) is 0 Å². The minimum absolute atomic E-state index is 0.00311. The van der Waals surface area contributed by atoms with Gasteiger partial charge in [0.1, 0.15) is 24.0 Å². The molecular weight excluding hydrogens is 402 g/mol. The van der Waals surface area contributed by atoms with Crippen LogP contribution in [-0.4, -0.2) is 22.2 Å². The van der Waals surface area contributed by atoms with E-state index in [0.717, 1.165) is 22.0 Å². The molecule has 0 amide bonds. The third-order valence-electron chi connectivity index (χ3n) is 5.21. The maximum Gasteiger partial charge on any atom is 0.355 e. The average molecular weight is 425 g/mol. The van der Waals surface area contributed by atoms with Crippen molar-refractivity contribution in [1.82, 2.24) is 4.57 Å². The lowest BCUT2D eigenvalue weighted by atomic mass is 10.1. The van der Waals surface area contributed by atoms with Crippen molar-refractivity contribution in [3.8, 4) is 0 Å². The topological polar surface area (TPSA) is 131 Å². The molecule has 0 aliphatic rings. The SMILES string of the molecule is N=C(N)c1cccc(COC(=O)c2cc3ccccc3n2Cc2cccc(C(=N)N)c2)c1. The summed E-state index contributed by atoms with van der Waals surface area (Å²) in [6, 6.07) is 24.0. The molecule has 0 unspecified atom stereocenters. The van der Waals surface area contributed by atoms with E-state index < -0.39 is 5.97 Å². The number of carbonyl (C=O) groups is 1. The Balaban J connectivity index is 1.63. The largest absolute Gasteiger partial charge is 0.456 e. The number of amidine groups is 2. The van der Waals surface area contributed by atoms with Gasteiger partial charge in [0.15, 0.2) is 0 Å². The summed E-state index contributed by atoms with van der Waals surface area (Å²) in [6.45, 7) is 0.500. The second-order valence-corrected chi connectivity index (χ2v) is 7.48. The standard InChI is InChI=1S/C25H23N5O2/c26-23(27)19-8-3-5-16(11-19)14-30-21-10-2-1-7-18(21)13-22(30)25(31)32-15-17-6-4-9-20(12-17)24(28)29/h1-13H,14-15H2,(H3,26,27)(H3,28,29). The first-order valence-corrected chi connectivity index (χ1v) is 10.0. The second kappa shape index (κ2) is 8.77. The maximum absolute atomic E-state index is 13.0. The summed E-state index contributed by atoms with van der Waals surface area (Å²) in [6.07, 6.45) is 0. The number of fused-ring (bicyclic) bond motifs is 1. The smallest absolute Gasteiger partial charge is 0.355 e. The van der Waals surface area contributed by atoms with Gasteiger partial charge >= 0.3 is 5.97 Å². The van der Waals surface area contributed by atoms with Crippen molar-refractivity contribution in [3.05, 3.63) is 107 Å². The molecular formula is C25H23N5O2. The maximum atomic E-state index is 13.0. The average Bonchev–Trinajstić information content (AvgIpc) is 3.16. The lowest BCUT2D eigenvalue weighted by molar-refractivity contribution is 0.0461. The Morgan fingerprint density at radius 3 is 2.12 bits per heavy atom. The van der Waals surface area contributed by atoms with Crippen LogP contribution in [0, 0.1) is 10.8 Å². The quantitative estimate of drug-likeness (QED) is 0.205. The normalized spacial score (nSPS) is 10.8. The van der Waals surface area contributed by atoms with Crippen LogP contribution < -0.4 is 11.5 Å². The molecule has 1 aromatic heterocycles. The first-order valence-electron chi connectivity index (χ1n) is 10.0. The number of rotatable bonds is 7. The van der Waals surface area contributed by atoms with Crippen molar-refractivity contribution < 1.29 is 9.53 Å². The highest BCUT2D eigenvalue weighted by atomic mass is 16.5. The van der Waals surface area contributed by atoms with E-state index in [1.807, 2.05) is 59.2 Å². The number of hydrogen-bond donors (Lipinski definition) is 4. The Labute approximate surface area is 185 Å². The lowest BCUT2D eigenvalue weighted by Crippen LogP contribution is -2.15. The van der Waals surface area contributed by atoms with Gasteiger partial charge in [-0.15, -0.1) is 0 Å². The molecule has 0 saturated heterocycles. The first-order chi connectivity index (χ1) is 15.4. The summed E-state index contributed by atoms with van der Waals surface area (Å²) in [5.74, 6) is -0.486. The summed E-state index contributed by atoms with van der Waals surface area (Å²) in [5, 5.41) is 16.2. The first kappa shape index (κ1) is 20.9. The Morgan fingerprint density at radius 2 is 1.44 bits per heavy atom. The Hall–Kier alpha value is -4.39. The van der Waals surface area contributed by atoms with Gasteiger partial charge in [0.05, 0.1) is 0 Å². The zero-order valence-electron chi connectivity index (χ0n) is 17.3. The fourth-order valence-electron chi connectivity index (χ4n) is 3.62. The molecule has 0 saturated carbocycles. The summed E-state index contributed by atoms with van der Waals surface area (Å²) in [7, 11) is 0. The van der Waals surface area contributed by atoms with Crippen LogP contribution in [0.3, 0.4) is 0 Å². The lowest BCUT2D eigenvalue weighted by Gasteiger charge is -2.12. The molecule has 160 valence electrons. The molecule has 0 radical (unpaired) electrons. The summed E-state index contributed by atoms with van der Waals surface area (Å²) in [5.41, 5.74) is 15.4. The minimum atomic E-state index is -0.447. The van der Waals surface area contributed by atoms with E-state index in [0.29, 0.717) is 23.4 Å². The number of esters is 1. The molecule has 0 aliphatic heterocycles.